The molecule has 0 aliphatic carbocycles. The van der Waals surface area contributed by atoms with Crippen molar-refractivity contribution in [3.63, 3.8) is 0 Å². The Hall–Kier alpha value is -2.37. The van der Waals surface area contributed by atoms with Crippen LogP contribution in [0.25, 0.3) is 0 Å². The van der Waals surface area contributed by atoms with Crippen molar-refractivity contribution in [2.75, 3.05) is 20.1 Å². The first kappa shape index (κ1) is 18.0. The van der Waals surface area contributed by atoms with Crippen LogP contribution >= 0.6 is 0 Å². The molecule has 1 atom stereocenters. The highest BCUT2D eigenvalue weighted by Crippen LogP contribution is 2.14. The molecule has 1 heterocycles. The van der Waals surface area contributed by atoms with Crippen LogP contribution in [0, 0.1) is 6.92 Å². The van der Waals surface area contributed by atoms with E-state index in [1.807, 2.05) is 11.6 Å². The lowest BCUT2D eigenvalue weighted by Gasteiger charge is -2.16. The van der Waals surface area contributed by atoms with Gasteiger partial charge in [0.2, 0.25) is 0 Å². The Bertz CT molecular complexity index is 603. The van der Waals surface area contributed by atoms with Crippen molar-refractivity contribution in [2.45, 2.75) is 39.2 Å². The van der Waals surface area contributed by atoms with Crippen molar-refractivity contribution in [2.24, 2.45) is 4.99 Å². The zero-order valence-corrected chi connectivity index (χ0v) is 14.9. The maximum atomic E-state index is 4.28. The lowest BCUT2D eigenvalue weighted by molar-refractivity contribution is 0.596. The van der Waals surface area contributed by atoms with Crippen LogP contribution in [0.3, 0.4) is 0 Å². The summed E-state index contributed by atoms with van der Waals surface area (Å²) >= 11 is 0. The summed E-state index contributed by atoms with van der Waals surface area (Å²) in [7, 11) is 1.81. The standard InChI is InChI=1S/C18H28N6/c1-15-6-8-17(9-7-15)16(2)12-21-18(19-3)20-10-4-5-11-24-13-22-23-14-24/h6-9,13-14,16H,4-5,10-12H2,1-3H3,(H2,19,20,21). The van der Waals surface area contributed by atoms with Crippen LogP contribution in [0.5, 0.6) is 0 Å². The van der Waals surface area contributed by atoms with E-state index in [0.717, 1.165) is 38.4 Å². The van der Waals surface area contributed by atoms with E-state index < -0.39 is 0 Å². The molecule has 2 N–H and O–H groups in total. The number of hydrogen-bond acceptors (Lipinski definition) is 3. The van der Waals surface area contributed by atoms with Crippen LogP contribution in [-0.2, 0) is 6.54 Å². The number of unbranched alkanes of at least 4 members (excludes halogenated alkanes) is 1. The van der Waals surface area contributed by atoms with Crippen LogP contribution in [-0.4, -0.2) is 40.9 Å². The SMILES string of the molecule is CN=C(NCCCCn1cnnc1)NCC(C)c1ccc(C)cc1. The molecule has 0 radical (unpaired) electrons. The molecule has 24 heavy (non-hydrogen) atoms. The summed E-state index contributed by atoms with van der Waals surface area (Å²) in [5.41, 5.74) is 2.64. The molecule has 0 aliphatic rings. The number of rotatable bonds is 8. The average molecular weight is 328 g/mol. The second-order valence-corrected chi connectivity index (χ2v) is 6.10. The van der Waals surface area contributed by atoms with Crippen LogP contribution < -0.4 is 10.6 Å². The summed E-state index contributed by atoms with van der Waals surface area (Å²) in [4.78, 5) is 4.28. The molecule has 0 fully saturated rings. The molecule has 130 valence electrons. The van der Waals surface area contributed by atoms with Crippen molar-refractivity contribution in [3.8, 4) is 0 Å². The maximum absolute atomic E-state index is 4.28. The van der Waals surface area contributed by atoms with Crippen LogP contribution in [0.1, 0.15) is 36.8 Å². The van der Waals surface area contributed by atoms with Gasteiger partial charge in [-0.2, -0.15) is 0 Å². The second-order valence-electron chi connectivity index (χ2n) is 6.10. The van der Waals surface area contributed by atoms with Crippen molar-refractivity contribution in [3.05, 3.63) is 48.0 Å². The van der Waals surface area contributed by atoms with E-state index in [-0.39, 0.29) is 0 Å². The minimum atomic E-state index is 0.442. The molecule has 6 heteroatoms. The molecule has 0 saturated carbocycles. The minimum absolute atomic E-state index is 0.442. The van der Waals surface area contributed by atoms with Gasteiger partial charge in [-0.25, -0.2) is 0 Å². The highest BCUT2D eigenvalue weighted by atomic mass is 15.2. The molecule has 1 unspecified atom stereocenters. The number of benzene rings is 1. The summed E-state index contributed by atoms with van der Waals surface area (Å²) in [6, 6.07) is 8.72. The maximum Gasteiger partial charge on any atom is 0.190 e. The van der Waals surface area contributed by atoms with E-state index in [9.17, 15) is 0 Å². The van der Waals surface area contributed by atoms with Gasteiger partial charge in [-0.15, -0.1) is 10.2 Å². The Morgan fingerprint density at radius 3 is 2.50 bits per heavy atom. The zero-order chi connectivity index (χ0) is 17.2. The molecule has 0 spiro atoms. The van der Waals surface area contributed by atoms with E-state index in [2.05, 4.69) is 63.9 Å². The first-order valence-corrected chi connectivity index (χ1v) is 8.52. The Morgan fingerprint density at radius 1 is 1.12 bits per heavy atom. The molecule has 2 rings (SSSR count). The molecular weight excluding hydrogens is 300 g/mol. The van der Waals surface area contributed by atoms with E-state index in [4.69, 9.17) is 0 Å². The molecule has 0 saturated heterocycles. The van der Waals surface area contributed by atoms with E-state index in [1.165, 1.54) is 11.1 Å². The van der Waals surface area contributed by atoms with E-state index in [0.29, 0.717) is 5.92 Å². The number of hydrogen-bond donors (Lipinski definition) is 2. The van der Waals surface area contributed by atoms with Crippen molar-refractivity contribution < 1.29 is 0 Å². The van der Waals surface area contributed by atoms with Gasteiger partial charge < -0.3 is 15.2 Å². The number of guanidine groups is 1. The third-order valence-corrected chi connectivity index (χ3v) is 4.05. The molecule has 0 bridgehead atoms. The molecule has 0 aliphatic heterocycles. The Kier molecular flexibility index (Phi) is 7.26. The Morgan fingerprint density at radius 2 is 1.83 bits per heavy atom. The number of aryl methyl sites for hydroxylation is 2. The van der Waals surface area contributed by atoms with Gasteiger partial charge in [0.1, 0.15) is 12.7 Å². The van der Waals surface area contributed by atoms with Crippen LogP contribution in [0.4, 0.5) is 0 Å². The minimum Gasteiger partial charge on any atom is -0.356 e. The number of aliphatic imine (C=N–C) groups is 1. The Labute approximate surface area is 144 Å². The molecule has 1 aromatic carbocycles. The van der Waals surface area contributed by atoms with Gasteiger partial charge in [0, 0.05) is 26.7 Å². The Balaban J connectivity index is 1.63. The van der Waals surface area contributed by atoms with Gasteiger partial charge in [-0.1, -0.05) is 36.8 Å². The van der Waals surface area contributed by atoms with Gasteiger partial charge in [-0.05, 0) is 31.2 Å². The smallest absolute Gasteiger partial charge is 0.190 e. The predicted octanol–water partition coefficient (Wildman–Crippen LogP) is 2.34. The molecule has 0 amide bonds. The fourth-order valence-electron chi connectivity index (χ4n) is 2.45. The second kappa shape index (κ2) is 9.70. The number of nitrogens with zero attached hydrogens (tertiary/aromatic N) is 4. The summed E-state index contributed by atoms with van der Waals surface area (Å²) in [5, 5.41) is 14.4. The van der Waals surface area contributed by atoms with Crippen molar-refractivity contribution in [1.29, 1.82) is 0 Å². The first-order chi connectivity index (χ1) is 11.7. The van der Waals surface area contributed by atoms with Crippen LogP contribution in [0.2, 0.25) is 0 Å². The lowest BCUT2D eigenvalue weighted by atomic mass is 10.0. The molecule has 2 aromatic rings. The van der Waals surface area contributed by atoms with Gasteiger partial charge in [0.25, 0.3) is 0 Å². The summed E-state index contributed by atoms with van der Waals surface area (Å²) in [6.07, 6.45) is 5.66. The predicted molar refractivity (Wildman–Crippen MR) is 98.2 cm³/mol. The highest BCUT2D eigenvalue weighted by Gasteiger charge is 2.06. The van der Waals surface area contributed by atoms with E-state index >= 15 is 0 Å². The average Bonchev–Trinajstić information content (AvgIpc) is 3.11. The fourth-order valence-corrected chi connectivity index (χ4v) is 2.45. The largest absolute Gasteiger partial charge is 0.356 e. The zero-order valence-electron chi connectivity index (χ0n) is 14.9. The fraction of sp³-hybridized carbons (Fsp3) is 0.500. The summed E-state index contributed by atoms with van der Waals surface area (Å²) in [5.74, 6) is 1.30. The summed E-state index contributed by atoms with van der Waals surface area (Å²) < 4.78 is 2.00. The van der Waals surface area contributed by atoms with Crippen molar-refractivity contribution >= 4 is 5.96 Å². The third kappa shape index (κ3) is 6.02. The van der Waals surface area contributed by atoms with Crippen molar-refractivity contribution in [1.82, 2.24) is 25.4 Å². The molecule has 6 nitrogen and oxygen atoms in total. The van der Waals surface area contributed by atoms with E-state index in [1.54, 1.807) is 12.7 Å². The molecule has 1 aromatic heterocycles. The van der Waals surface area contributed by atoms with Gasteiger partial charge in [-0.3, -0.25) is 4.99 Å². The monoisotopic (exact) mass is 328 g/mol. The van der Waals surface area contributed by atoms with Gasteiger partial charge in [0.05, 0.1) is 0 Å². The lowest BCUT2D eigenvalue weighted by Crippen LogP contribution is -2.39. The van der Waals surface area contributed by atoms with Gasteiger partial charge >= 0.3 is 0 Å². The normalized spacial score (nSPS) is 12.9. The highest BCUT2D eigenvalue weighted by molar-refractivity contribution is 5.79. The summed E-state index contributed by atoms with van der Waals surface area (Å²) in [6.45, 7) is 7.06. The topological polar surface area (TPSA) is 67.1 Å². The number of nitrogens with one attached hydrogen (secondary N) is 2. The third-order valence-electron chi connectivity index (χ3n) is 4.05. The number of aromatic nitrogens is 3. The van der Waals surface area contributed by atoms with Crippen LogP contribution in [0.15, 0.2) is 41.9 Å². The quantitative estimate of drug-likeness (QED) is 0.443. The first-order valence-electron chi connectivity index (χ1n) is 8.52. The molecular formula is C18H28N6. The van der Waals surface area contributed by atoms with Gasteiger partial charge in [0.15, 0.2) is 5.96 Å².